The van der Waals surface area contributed by atoms with Gasteiger partial charge in [0.05, 0.1) is 0 Å². The third kappa shape index (κ3) is 3.40. The van der Waals surface area contributed by atoms with Gasteiger partial charge in [-0.2, -0.15) is 4.98 Å². The van der Waals surface area contributed by atoms with Crippen LogP contribution in [0.5, 0.6) is 0 Å². The quantitative estimate of drug-likeness (QED) is 0.645. The van der Waals surface area contributed by atoms with Crippen LogP contribution in [0.15, 0.2) is 41.5 Å². The first-order valence-corrected chi connectivity index (χ1v) is 7.81. The topological polar surface area (TPSA) is 100 Å². The molecule has 1 saturated heterocycles. The van der Waals surface area contributed by atoms with E-state index in [1.54, 1.807) is 12.3 Å². The fourth-order valence-corrected chi connectivity index (χ4v) is 2.65. The average Bonchev–Trinajstić information content (AvgIpc) is 3.30. The molecule has 0 bridgehead atoms. The fourth-order valence-electron chi connectivity index (χ4n) is 2.65. The highest BCUT2D eigenvalue weighted by molar-refractivity contribution is 5.86. The zero-order chi connectivity index (χ0) is 15.6. The Morgan fingerprint density at radius 3 is 2.78 bits per heavy atom. The number of rotatable bonds is 4. The Balaban J connectivity index is 1.46. The van der Waals surface area contributed by atoms with Crippen LogP contribution in [0, 0.1) is 5.92 Å². The number of nitrogens with two attached hydrogens (primary N) is 1. The number of nitrogens with one attached hydrogen (secondary N) is 3. The van der Waals surface area contributed by atoms with E-state index in [9.17, 15) is 0 Å². The molecule has 118 valence electrons. The number of hydrazine groups is 1. The van der Waals surface area contributed by atoms with Crippen molar-refractivity contribution >= 4 is 29.0 Å². The first-order chi connectivity index (χ1) is 11.3. The van der Waals surface area contributed by atoms with Gasteiger partial charge < -0.3 is 16.5 Å². The second-order valence-corrected chi connectivity index (χ2v) is 5.96. The largest absolute Gasteiger partial charge is 0.399 e. The van der Waals surface area contributed by atoms with Crippen molar-refractivity contribution in [3.05, 3.63) is 36.5 Å². The number of aromatic nitrogens is 2. The standard InChI is InChI=1S/C16H19N7/c17-11-3-5-12(6-4-11)19-16-18-8-7-14(21-16)20-15-9-13(22-23-15)10-1-2-10/h3-8,10,13,22H,1-2,9,17H2,(H2,18,19,20,21,23). The molecule has 1 atom stereocenters. The third-order valence-electron chi connectivity index (χ3n) is 4.06. The van der Waals surface area contributed by atoms with Crippen molar-refractivity contribution in [3.63, 3.8) is 0 Å². The summed E-state index contributed by atoms with van der Waals surface area (Å²) < 4.78 is 0. The molecule has 23 heavy (non-hydrogen) atoms. The lowest BCUT2D eigenvalue weighted by Crippen LogP contribution is -2.32. The van der Waals surface area contributed by atoms with Crippen LogP contribution in [0.4, 0.5) is 23.1 Å². The minimum absolute atomic E-state index is 0.503. The lowest BCUT2D eigenvalue weighted by Gasteiger charge is -2.05. The summed E-state index contributed by atoms with van der Waals surface area (Å²) in [6.07, 6.45) is 5.26. The second kappa shape index (κ2) is 5.85. The maximum absolute atomic E-state index is 5.68. The molecule has 2 aromatic rings. The Morgan fingerprint density at radius 1 is 1.17 bits per heavy atom. The van der Waals surface area contributed by atoms with Crippen molar-refractivity contribution in [1.29, 1.82) is 0 Å². The molecule has 1 aliphatic heterocycles. The highest BCUT2D eigenvalue weighted by Gasteiger charge is 2.35. The Labute approximate surface area is 134 Å². The summed E-state index contributed by atoms with van der Waals surface area (Å²) in [5.74, 6) is 2.88. The number of hydrogen-bond donors (Lipinski definition) is 4. The molecular formula is C16H19N7. The highest BCUT2D eigenvalue weighted by atomic mass is 15.4. The molecule has 2 heterocycles. The lowest BCUT2D eigenvalue weighted by molar-refractivity contribution is 0.504. The Morgan fingerprint density at radius 2 is 2.00 bits per heavy atom. The summed E-state index contributed by atoms with van der Waals surface area (Å²) in [6, 6.07) is 9.74. The van der Waals surface area contributed by atoms with E-state index in [0.29, 0.717) is 17.8 Å². The van der Waals surface area contributed by atoms with Crippen LogP contribution in [0.1, 0.15) is 19.3 Å². The van der Waals surface area contributed by atoms with Gasteiger partial charge in [0, 0.05) is 36.1 Å². The van der Waals surface area contributed by atoms with Crippen LogP contribution in [-0.4, -0.2) is 21.8 Å². The summed E-state index contributed by atoms with van der Waals surface area (Å²) in [5.41, 5.74) is 13.7. The zero-order valence-corrected chi connectivity index (χ0v) is 12.7. The predicted molar refractivity (Wildman–Crippen MR) is 90.7 cm³/mol. The second-order valence-electron chi connectivity index (χ2n) is 5.96. The molecule has 1 saturated carbocycles. The van der Waals surface area contributed by atoms with E-state index >= 15 is 0 Å². The summed E-state index contributed by atoms with van der Waals surface area (Å²) in [7, 11) is 0. The van der Waals surface area contributed by atoms with Crippen LogP contribution in [-0.2, 0) is 0 Å². The maximum atomic E-state index is 5.68. The van der Waals surface area contributed by atoms with Crippen molar-refractivity contribution in [2.45, 2.75) is 25.3 Å². The normalized spacial score (nSPS) is 22.1. The lowest BCUT2D eigenvalue weighted by atomic mass is 10.1. The van der Waals surface area contributed by atoms with Gasteiger partial charge in [0.15, 0.2) is 5.82 Å². The van der Waals surface area contributed by atoms with Crippen LogP contribution in [0.25, 0.3) is 0 Å². The maximum Gasteiger partial charge on any atom is 0.229 e. The first-order valence-electron chi connectivity index (χ1n) is 7.81. The van der Waals surface area contributed by atoms with Gasteiger partial charge in [0.25, 0.3) is 0 Å². The molecule has 1 aromatic heterocycles. The van der Waals surface area contributed by atoms with Gasteiger partial charge in [-0.1, -0.05) is 0 Å². The number of nitrogen functional groups attached to an aromatic ring is 1. The number of amidine groups is 1. The van der Waals surface area contributed by atoms with Gasteiger partial charge in [-0.15, -0.1) is 0 Å². The van der Waals surface area contributed by atoms with Crippen LogP contribution in [0.3, 0.4) is 0 Å². The molecule has 0 radical (unpaired) electrons. The Kier molecular flexibility index (Phi) is 3.55. The van der Waals surface area contributed by atoms with Gasteiger partial charge in [0.2, 0.25) is 5.95 Å². The van der Waals surface area contributed by atoms with Crippen LogP contribution < -0.4 is 21.9 Å². The number of benzene rings is 1. The van der Waals surface area contributed by atoms with Gasteiger partial charge in [-0.25, -0.2) is 15.4 Å². The third-order valence-corrected chi connectivity index (χ3v) is 4.06. The highest BCUT2D eigenvalue weighted by Crippen LogP contribution is 2.35. The molecule has 1 aliphatic carbocycles. The monoisotopic (exact) mass is 309 g/mol. The molecule has 7 nitrogen and oxygen atoms in total. The molecule has 2 fully saturated rings. The zero-order valence-electron chi connectivity index (χ0n) is 12.7. The summed E-state index contributed by atoms with van der Waals surface area (Å²) in [5, 5.41) is 3.15. The number of anilines is 3. The minimum Gasteiger partial charge on any atom is -0.399 e. The summed E-state index contributed by atoms with van der Waals surface area (Å²) >= 11 is 0. The number of hydrogen-bond acceptors (Lipinski definition) is 6. The molecule has 1 aromatic carbocycles. The smallest absolute Gasteiger partial charge is 0.229 e. The van der Waals surface area contributed by atoms with Crippen molar-refractivity contribution in [3.8, 4) is 0 Å². The van der Waals surface area contributed by atoms with Crippen molar-refractivity contribution in [2.75, 3.05) is 11.1 Å². The summed E-state index contributed by atoms with van der Waals surface area (Å²) in [4.78, 5) is 13.2. The average molecular weight is 309 g/mol. The minimum atomic E-state index is 0.503. The van der Waals surface area contributed by atoms with E-state index in [1.807, 2.05) is 24.3 Å². The van der Waals surface area contributed by atoms with Crippen molar-refractivity contribution < 1.29 is 0 Å². The van der Waals surface area contributed by atoms with Gasteiger partial charge >= 0.3 is 0 Å². The molecule has 5 N–H and O–H groups in total. The van der Waals surface area contributed by atoms with E-state index in [-0.39, 0.29) is 0 Å². The molecule has 7 heteroatoms. The molecule has 2 aliphatic rings. The van der Waals surface area contributed by atoms with Gasteiger partial charge in [0.1, 0.15) is 5.84 Å². The SMILES string of the molecule is Nc1ccc(Nc2nccc(N=C3CC(C4CC4)NN3)n2)cc1. The van der Waals surface area contributed by atoms with E-state index in [0.717, 1.165) is 29.5 Å². The van der Waals surface area contributed by atoms with E-state index < -0.39 is 0 Å². The van der Waals surface area contributed by atoms with Crippen molar-refractivity contribution in [2.24, 2.45) is 10.9 Å². The van der Waals surface area contributed by atoms with Crippen LogP contribution in [0.2, 0.25) is 0 Å². The molecule has 0 spiro atoms. The first kappa shape index (κ1) is 14.0. The van der Waals surface area contributed by atoms with Crippen LogP contribution >= 0.6 is 0 Å². The van der Waals surface area contributed by atoms with Gasteiger partial charge in [-0.3, -0.25) is 0 Å². The van der Waals surface area contributed by atoms with Crippen molar-refractivity contribution in [1.82, 2.24) is 20.8 Å². The van der Waals surface area contributed by atoms with Gasteiger partial charge in [-0.05, 0) is 43.0 Å². The Bertz CT molecular complexity index is 721. The Hall–Kier alpha value is -2.67. The fraction of sp³-hybridized carbons (Fsp3) is 0.312. The molecule has 4 rings (SSSR count). The van der Waals surface area contributed by atoms with E-state index in [4.69, 9.17) is 5.73 Å². The van der Waals surface area contributed by atoms with E-state index in [2.05, 4.69) is 31.1 Å². The molecule has 1 unspecified atom stereocenters. The number of aliphatic imine (C=N–C) groups is 1. The molecule has 0 amide bonds. The van der Waals surface area contributed by atoms with E-state index in [1.165, 1.54) is 12.8 Å². The molecular weight excluding hydrogens is 290 g/mol. The number of nitrogens with zero attached hydrogens (tertiary/aromatic N) is 3. The summed E-state index contributed by atoms with van der Waals surface area (Å²) in [6.45, 7) is 0. The predicted octanol–water partition coefficient (Wildman–Crippen LogP) is 2.11.